The minimum absolute atomic E-state index is 0.0128. The van der Waals surface area contributed by atoms with Crippen LogP contribution in [-0.4, -0.2) is 29.4 Å². The molecule has 1 aliphatic rings. The van der Waals surface area contributed by atoms with Crippen molar-refractivity contribution in [3.63, 3.8) is 0 Å². The summed E-state index contributed by atoms with van der Waals surface area (Å²) in [5.41, 5.74) is 0.0279. The fourth-order valence-electron chi connectivity index (χ4n) is 3.72. The third-order valence-electron chi connectivity index (χ3n) is 5.37. The van der Waals surface area contributed by atoms with Gasteiger partial charge in [-0.15, -0.1) is 11.3 Å². The number of carbonyl (C=O) groups is 3. The third kappa shape index (κ3) is 4.24. The van der Waals surface area contributed by atoms with Crippen molar-refractivity contribution in [3.05, 3.63) is 74.7 Å². The van der Waals surface area contributed by atoms with Crippen LogP contribution in [0.15, 0.2) is 48.0 Å². The molecule has 0 aliphatic carbocycles. The standard InChI is InChI=1S/C22H16ClF3N4O3S/c1-11-17(28-10-34-11)21(19(32)29-20(33)30-21)9-27-18(31)16-14(3-2-4-15(16)23)12-5-7-13(8-6-12)22(24,25)26/h2-8,10H,9H2,1H3,(H,27,31)(H2,29,30,32,33). The first-order valence-electron chi connectivity index (χ1n) is 9.81. The molecule has 1 aromatic heterocycles. The summed E-state index contributed by atoms with van der Waals surface area (Å²) in [7, 11) is 0. The van der Waals surface area contributed by atoms with Gasteiger partial charge in [0.1, 0.15) is 0 Å². The quantitative estimate of drug-likeness (QED) is 0.448. The van der Waals surface area contributed by atoms with Gasteiger partial charge >= 0.3 is 12.2 Å². The van der Waals surface area contributed by atoms with Crippen LogP contribution < -0.4 is 16.0 Å². The van der Waals surface area contributed by atoms with Gasteiger partial charge in [-0.3, -0.25) is 14.9 Å². The van der Waals surface area contributed by atoms with Gasteiger partial charge in [0.25, 0.3) is 11.8 Å². The number of alkyl halides is 3. The average molecular weight is 509 g/mol. The average Bonchev–Trinajstić information content (AvgIpc) is 3.33. The van der Waals surface area contributed by atoms with Crippen molar-refractivity contribution in [2.75, 3.05) is 6.54 Å². The zero-order valence-corrected chi connectivity index (χ0v) is 19.0. The highest BCUT2D eigenvalue weighted by Gasteiger charge is 2.50. The number of aromatic nitrogens is 1. The molecule has 4 rings (SSSR count). The fraction of sp³-hybridized carbons (Fsp3) is 0.182. The molecule has 0 bridgehead atoms. The van der Waals surface area contributed by atoms with E-state index in [0.29, 0.717) is 21.7 Å². The van der Waals surface area contributed by atoms with Gasteiger partial charge in [-0.25, -0.2) is 9.78 Å². The molecule has 3 N–H and O–H groups in total. The molecular formula is C22H16ClF3N4O3S. The summed E-state index contributed by atoms with van der Waals surface area (Å²) in [5, 5.41) is 7.38. The number of halogens is 4. The SMILES string of the molecule is Cc1scnc1C1(CNC(=O)c2c(Cl)cccc2-c2ccc(C(F)(F)F)cc2)NC(=O)NC1=O. The molecule has 2 heterocycles. The summed E-state index contributed by atoms with van der Waals surface area (Å²) in [4.78, 5) is 42.6. The second-order valence-electron chi connectivity index (χ2n) is 7.49. The number of benzene rings is 2. The highest BCUT2D eigenvalue weighted by molar-refractivity contribution is 7.09. The van der Waals surface area contributed by atoms with Gasteiger partial charge in [0, 0.05) is 4.88 Å². The van der Waals surface area contributed by atoms with Gasteiger partial charge in [0.15, 0.2) is 5.54 Å². The van der Waals surface area contributed by atoms with E-state index < -0.39 is 35.1 Å². The Morgan fingerprint density at radius 2 is 1.88 bits per heavy atom. The summed E-state index contributed by atoms with van der Waals surface area (Å²) < 4.78 is 38.8. The molecule has 12 heteroatoms. The van der Waals surface area contributed by atoms with Crippen LogP contribution in [0.25, 0.3) is 11.1 Å². The lowest BCUT2D eigenvalue weighted by Gasteiger charge is -2.25. The van der Waals surface area contributed by atoms with Crippen molar-refractivity contribution in [2.45, 2.75) is 18.6 Å². The number of nitrogens with zero attached hydrogens (tertiary/aromatic N) is 1. The zero-order chi connectivity index (χ0) is 24.7. The van der Waals surface area contributed by atoms with Crippen LogP contribution in [0.1, 0.15) is 26.5 Å². The van der Waals surface area contributed by atoms with Gasteiger partial charge < -0.3 is 10.6 Å². The van der Waals surface area contributed by atoms with E-state index in [9.17, 15) is 27.6 Å². The molecule has 7 nitrogen and oxygen atoms in total. The topological polar surface area (TPSA) is 100 Å². The fourth-order valence-corrected chi connectivity index (χ4v) is 4.63. The Balaban J connectivity index is 1.66. The number of hydrogen-bond donors (Lipinski definition) is 3. The molecule has 4 amide bonds. The number of rotatable bonds is 5. The Kier molecular flexibility index (Phi) is 6.09. The molecule has 2 aromatic carbocycles. The Morgan fingerprint density at radius 1 is 1.18 bits per heavy atom. The Bertz CT molecular complexity index is 1290. The predicted octanol–water partition coefficient (Wildman–Crippen LogP) is 4.26. The largest absolute Gasteiger partial charge is 0.416 e. The molecule has 176 valence electrons. The normalized spacial score (nSPS) is 17.9. The molecule has 34 heavy (non-hydrogen) atoms. The second kappa shape index (κ2) is 8.73. The number of hydrogen-bond acceptors (Lipinski definition) is 5. The van der Waals surface area contributed by atoms with Crippen LogP contribution in [0.5, 0.6) is 0 Å². The van der Waals surface area contributed by atoms with Gasteiger partial charge in [-0.1, -0.05) is 35.9 Å². The van der Waals surface area contributed by atoms with Crippen LogP contribution >= 0.6 is 22.9 Å². The van der Waals surface area contributed by atoms with Crippen LogP contribution in [-0.2, 0) is 16.5 Å². The number of thiazole rings is 1. The summed E-state index contributed by atoms with van der Waals surface area (Å²) in [5.74, 6) is -1.35. The van der Waals surface area contributed by atoms with Crippen LogP contribution in [0.2, 0.25) is 5.02 Å². The highest BCUT2D eigenvalue weighted by Crippen LogP contribution is 2.34. The molecular weight excluding hydrogens is 493 g/mol. The summed E-state index contributed by atoms with van der Waals surface area (Å²) >= 11 is 7.56. The van der Waals surface area contributed by atoms with E-state index >= 15 is 0 Å². The highest BCUT2D eigenvalue weighted by atomic mass is 35.5. The van der Waals surface area contributed by atoms with E-state index in [1.807, 2.05) is 0 Å². The molecule has 1 atom stereocenters. The zero-order valence-electron chi connectivity index (χ0n) is 17.4. The smallest absolute Gasteiger partial charge is 0.349 e. The lowest BCUT2D eigenvalue weighted by molar-refractivity contribution is -0.137. The maximum Gasteiger partial charge on any atom is 0.416 e. The first-order valence-corrected chi connectivity index (χ1v) is 11.1. The van der Waals surface area contributed by atoms with Crippen molar-refractivity contribution in [1.82, 2.24) is 20.9 Å². The number of aryl methyl sites for hydroxylation is 1. The molecule has 1 fully saturated rings. The van der Waals surface area contributed by atoms with Gasteiger partial charge in [0.2, 0.25) is 0 Å². The summed E-state index contributed by atoms with van der Waals surface area (Å²) in [6.07, 6.45) is -4.50. The van der Waals surface area contributed by atoms with Crippen molar-refractivity contribution >= 4 is 40.8 Å². The van der Waals surface area contributed by atoms with Crippen molar-refractivity contribution in [1.29, 1.82) is 0 Å². The van der Waals surface area contributed by atoms with E-state index in [-0.39, 0.29) is 17.1 Å². The number of amides is 4. The summed E-state index contributed by atoms with van der Waals surface area (Å²) in [6, 6.07) is 8.17. The number of carbonyl (C=O) groups excluding carboxylic acids is 3. The number of imide groups is 1. The van der Waals surface area contributed by atoms with Gasteiger partial charge in [0.05, 0.1) is 33.9 Å². The first-order chi connectivity index (χ1) is 16.0. The molecule has 0 radical (unpaired) electrons. The minimum atomic E-state index is -4.50. The van der Waals surface area contributed by atoms with Crippen LogP contribution in [0.4, 0.5) is 18.0 Å². The second-order valence-corrected chi connectivity index (χ2v) is 8.96. The Labute approximate surface area is 200 Å². The maximum absolute atomic E-state index is 13.2. The lowest BCUT2D eigenvalue weighted by Crippen LogP contribution is -2.53. The van der Waals surface area contributed by atoms with Crippen LogP contribution in [0.3, 0.4) is 0 Å². The van der Waals surface area contributed by atoms with Gasteiger partial charge in [-0.2, -0.15) is 13.2 Å². The molecule has 1 saturated heterocycles. The molecule has 0 saturated carbocycles. The Hall–Kier alpha value is -3.44. The number of nitrogens with one attached hydrogen (secondary N) is 3. The summed E-state index contributed by atoms with van der Waals surface area (Å²) in [6.45, 7) is 1.40. The number of urea groups is 1. The van der Waals surface area contributed by atoms with E-state index in [2.05, 4.69) is 20.9 Å². The first kappa shape index (κ1) is 23.7. The molecule has 1 aliphatic heterocycles. The monoisotopic (exact) mass is 508 g/mol. The van der Waals surface area contributed by atoms with Crippen molar-refractivity contribution < 1.29 is 27.6 Å². The van der Waals surface area contributed by atoms with E-state index in [1.165, 1.54) is 35.0 Å². The van der Waals surface area contributed by atoms with E-state index in [0.717, 1.165) is 12.1 Å². The van der Waals surface area contributed by atoms with E-state index in [4.69, 9.17) is 11.6 Å². The van der Waals surface area contributed by atoms with Gasteiger partial charge in [-0.05, 0) is 36.2 Å². The maximum atomic E-state index is 13.2. The minimum Gasteiger partial charge on any atom is -0.349 e. The van der Waals surface area contributed by atoms with Crippen LogP contribution in [0, 0.1) is 6.92 Å². The van der Waals surface area contributed by atoms with Crippen molar-refractivity contribution in [3.8, 4) is 11.1 Å². The Morgan fingerprint density at radius 3 is 2.44 bits per heavy atom. The molecule has 1 unspecified atom stereocenters. The predicted molar refractivity (Wildman–Crippen MR) is 119 cm³/mol. The third-order valence-corrected chi connectivity index (χ3v) is 6.44. The molecule has 0 spiro atoms. The molecule has 3 aromatic rings. The van der Waals surface area contributed by atoms with Crippen molar-refractivity contribution in [2.24, 2.45) is 0 Å². The lowest BCUT2D eigenvalue weighted by atomic mass is 9.93. The van der Waals surface area contributed by atoms with E-state index in [1.54, 1.807) is 19.1 Å².